The minimum Gasteiger partial charge on any atom is -0.330 e. The molecule has 0 radical (unpaired) electrons. The number of nitrogens with two attached hydrogens (primary N) is 1. The van der Waals surface area contributed by atoms with Gasteiger partial charge in [-0.05, 0) is 24.1 Å². The molecule has 0 unspecified atom stereocenters. The molecule has 0 amide bonds. The Morgan fingerprint density at radius 1 is 1.21 bits per heavy atom. The van der Waals surface area contributed by atoms with Gasteiger partial charge in [-0.15, -0.1) is 11.3 Å². The molecule has 2 atom stereocenters. The Morgan fingerprint density at radius 2 is 2.08 bits per heavy atom. The van der Waals surface area contributed by atoms with E-state index in [9.17, 15) is 0 Å². The molecule has 4 nitrogen and oxygen atoms in total. The third kappa shape index (κ3) is 3.15. The average Bonchev–Trinajstić information content (AvgIpc) is 3.36. The Morgan fingerprint density at radius 3 is 2.83 bits per heavy atom. The maximum atomic E-state index is 6.05. The summed E-state index contributed by atoms with van der Waals surface area (Å²) in [6.45, 7) is 3.92. The van der Waals surface area contributed by atoms with Gasteiger partial charge in [0.25, 0.3) is 0 Å². The third-order valence-corrected chi connectivity index (χ3v) is 5.78. The molecule has 4 rings (SSSR count). The molecule has 0 spiro atoms. The maximum absolute atomic E-state index is 6.05. The standard InChI is InChI=1S/C19H22N4S/c20-9-16-10-22(12-19(16)15-4-2-1-3-5-15)11-18-8-17(13-24-18)23-7-6-21-14-23/h1-8,13-14,16,19H,9-12,20H2/t16-,19+/m1/s1. The minimum atomic E-state index is 0.542. The summed E-state index contributed by atoms with van der Waals surface area (Å²) >= 11 is 1.82. The molecule has 24 heavy (non-hydrogen) atoms. The van der Waals surface area contributed by atoms with Crippen LogP contribution in [0.25, 0.3) is 5.69 Å². The Kier molecular flexibility index (Phi) is 4.47. The minimum absolute atomic E-state index is 0.542. The summed E-state index contributed by atoms with van der Waals surface area (Å²) in [6.07, 6.45) is 5.64. The first-order chi connectivity index (χ1) is 11.8. The number of aromatic nitrogens is 2. The SMILES string of the molecule is NC[C@@H]1CN(Cc2cc(-n3ccnc3)cs2)C[C@H]1c1ccccc1. The number of imidazole rings is 1. The van der Waals surface area contributed by atoms with Gasteiger partial charge in [0.2, 0.25) is 0 Å². The van der Waals surface area contributed by atoms with Crippen molar-refractivity contribution in [1.82, 2.24) is 14.5 Å². The number of hydrogen-bond donors (Lipinski definition) is 1. The zero-order valence-electron chi connectivity index (χ0n) is 13.6. The molecule has 1 aliphatic rings. The summed E-state index contributed by atoms with van der Waals surface area (Å²) in [7, 11) is 0. The lowest BCUT2D eigenvalue weighted by atomic mass is 9.89. The predicted octanol–water partition coefficient (Wildman–Crippen LogP) is 3.11. The largest absolute Gasteiger partial charge is 0.330 e. The molecular weight excluding hydrogens is 316 g/mol. The third-order valence-electron chi connectivity index (χ3n) is 4.87. The van der Waals surface area contributed by atoms with Crippen molar-refractivity contribution in [2.75, 3.05) is 19.6 Å². The van der Waals surface area contributed by atoms with Gasteiger partial charge in [0.1, 0.15) is 0 Å². The second-order valence-corrected chi connectivity index (χ2v) is 7.44. The van der Waals surface area contributed by atoms with Crippen LogP contribution in [0.15, 0.2) is 60.5 Å². The van der Waals surface area contributed by atoms with Crippen LogP contribution in [0.2, 0.25) is 0 Å². The van der Waals surface area contributed by atoms with E-state index in [1.807, 2.05) is 30.1 Å². The van der Waals surface area contributed by atoms with Gasteiger partial charge in [-0.25, -0.2) is 4.98 Å². The maximum Gasteiger partial charge on any atom is 0.0991 e. The van der Waals surface area contributed by atoms with E-state index < -0.39 is 0 Å². The van der Waals surface area contributed by atoms with Crippen molar-refractivity contribution in [3.63, 3.8) is 0 Å². The zero-order chi connectivity index (χ0) is 16.4. The van der Waals surface area contributed by atoms with Gasteiger partial charge < -0.3 is 10.3 Å². The van der Waals surface area contributed by atoms with Gasteiger partial charge in [0.05, 0.1) is 12.0 Å². The van der Waals surface area contributed by atoms with Crippen LogP contribution in [0.5, 0.6) is 0 Å². The van der Waals surface area contributed by atoms with Gasteiger partial charge in [-0.3, -0.25) is 4.90 Å². The van der Waals surface area contributed by atoms with Gasteiger partial charge in [0, 0.05) is 48.2 Å². The topological polar surface area (TPSA) is 47.1 Å². The van der Waals surface area contributed by atoms with Crippen LogP contribution in [0.1, 0.15) is 16.4 Å². The number of hydrogen-bond acceptors (Lipinski definition) is 4. The predicted molar refractivity (Wildman–Crippen MR) is 98.4 cm³/mol. The lowest BCUT2D eigenvalue weighted by molar-refractivity contribution is 0.319. The van der Waals surface area contributed by atoms with E-state index in [-0.39, 0.29) is 0 Å². The smallest absolute Gasteiger partial charge is 0.0991 e. The lowest BCUT2D eigenvalue weighted by Crippen LogP contribution is -2.22. The van der Waals surface area contributed by atoms with Crippen molar-refractivity contribution in [1.29, 1.82) is 0 Å². The Bertz CT molecular complexity index is 766. The molecule has 1 saturated heterocycles. The first-order valence-corrected chi connectivity index (χ1v) is 9.24. The highest BCUT2D eigenvalue weighted by Gasteiger charge is 2.32. The molecule has 1 aliphatic heterocycles. The van der Waals surface area contributed by atoms with E-state index in [1.54, 1.807) is 0 Å². The molecule has 0 aliphatic carbocycles. The Labute approximate surface area is 146 Å². The average molecular weight is 338 g/mol. The van der Waals surface area contributed by atoms with Crippen molar-refractivity contribution in [3.05, 3.63) is 70.9 Å². The summed E-state index contributed by atoms with van der Waals surface area (Å²) in [5.41, 5.74) is 8.66. The highest BCUT2D eigenvalue weighted by atomic mass is 32.1. The highest BCUT2D eigenvalue weighted by Crippen LogP contribution is 2.33. The molecule has 0 bridgehead atoms. The van der Waals surface area contributed by atoms with Crippen LogP contribution in [-0.4, -0.2) is 34.1 Å². The molecular formula is C19H22N4S. The molecule has 2 aromatic heterocycles. The van der Waals surface area contributed by atoms with Crippen molar-refractivity contribution >= 4 is 11.3 Å². The molecule has 3 heterocycles. The van der Waals surface area contributed by atoms with Gasteiger partial charge in [0.15, 0.2) is 0 Å². The van der Waals surface area contributed by atoms with Crippen molar-refractivity contribution < 1.29 is 0 Å². The van der Waals surface area contributed by atoms with E-state index in [1.165, 1.54) is 16.1 Å². The fourth-order valence-corrected chi connectivity index (χ4v) is 4.53. The first-order valence-electron chi connectivity index (χ1n) is 8.36. The van der Waals surface area contributed by atoms with Crippen molar-refractivity contribution in [2.24, 2.45) is 11.7 Å². The van der Waals surface area contributed by atoms with E-state index in [0.29, 0.717) is 11.8 Å². The number of benzene rings is 1. The quantitative estimate of drug-likeness (QED) is 0.777. The van der Waals surface area contributed by atoms with Crippen LogP contribution in [0.4, 0.5) is 0 Å². The monoisotopic (exact) mass is 338 g/mol. The number of nitrogens with zero attached hydrogens (tertiary/aromatic N) is 3. The fourth-order valence-electron chi connectivity index (χ4n) is 3.63. The second-order valence-electron chi connectivity index (χ2n) is 6.45. The van der Waals surface area contributed by atoms with Gasteiger partial charge >= 0.3 is 0 Å². The molecule has 124 valence electrons. The summed E-state index contributed by atoms with van der Waals surface area (Å²) in [5, 5.41) is 2.20. The van der Waals surface area contributed by atoms with Crippen LogP contribution in [0.3, 0.4) is 0 Å². The Balaban J connectivity index is 1.46. The van der Waals surface area contributed by atoms with E-state index in [2.05, 4.69) is 56.2 Å². The van der Waals surface area contributed by atoms with Crippen LogP contribution in [0, 0.1) is 5.92 Å². The summed E-state index contributed by atoms with van der Waals surface area (Å²) in [6, 6.07) is 13.1. The van der Waals surface area contributed by atoms with Crippen molar-refractivity contribution in [3.8, 4) is 5.69 Å². The number of thiophene rings is 1. The van der Waals surface area contributed by atoms with Crippen molar-refractivity contribution in [2.45, 2.75) is 12.5 Å². The summed E-state index contributed by atoms with van der Waals surface area (Å²) in [5.74, 6) is 1.09. The molecule has 3 aromatic rings. The molecule has 5 heteroatoms. The van der Waals surface area contributed by atoms with Gasteiger partial charge in [-0.1, -0.05) is 30.3 Å². The normalized spacial score (nSPS) is 21.4. The Hall–Kier alpha value is -1.95. The van der Waals surface area contributed by atoms with E-state index >= 15 is 0 Å². The second kappa shape index (κ2) is 6.89. The summed E-state index contributed by atoms with van der Waals surface area (Å²) < 4.78 is 2.06. The summed E-state index contributed by atoms with van der Waals surface area (Å²) in [4.78, 5) is 8.05. The van der Waals surface area contributed by atoms with Crippen LogP contribution >= 0.6 is 11.3 Å². The fraction of sp³-hybridized carbons (Fsp3) is 0.316. The highest BCUT2D eigenvalue weighted by molar-refractivity contribution is 7.10. The van der Waals surface area contributed by atoms with E-state index in [0.717, 1.165) is 26.2 Å². The lowest BCUT2D eigenvalue weighted by Gasteiger charge is -2.16. The van der Waals surface area contributed by atoms with E-state index in [4.69, 9.17) is 5.73 Å². The molecule has 1 fully saturated rings. The number of likely N-dealkylation sites (tertiary alicyclic amines) is 1. The first kappa shape index (κ1) is 15.6. The molecule has 0 saturated carbocycles. The van der Waals surface area contributed by atoms with Crippen LogP contribution in [-0.2, 0) is 6.54 Å². The number of rotatable bonds is 5. The molecule has 1 aromatic carbocycles. The zero-order valence-corrected chi connectivity index (χ0v) is 14.4. The van der Waals surface area contributed by atoms with Gasteiger partial charge in [-0.2, -0.15) is 0 Å². The van der Waals surface area contributed by atoms with Crippen LogP contribution < -0.4 is 5.73 Å². The molecule has 2 N–H and O–H groups in total.